The molecule has 0 aliphatic carbocycles. The number of anilines is 2. The lowest BCUT2D eigenvalue weighted by Crippen LogP contribution is -2.34. The molecule has 1 aliphatic heterocycles. The van der Waals surface area contributed by atoms with Gasteiger partial charge in [0.25, 0.3) is 0 Å². The number of carbonyl (C=O) groups is 1. The zero-order valence-electron chi connectivity index (χ0n) is 22.7. The molecule has 39 heavy (non-hydrogen) atoms. The van der Waals surface area contributed by atoms with Crippen LogP contribution in [0.5, 0.6) is 5.75 Å². The van der Waals surface area contributed by atoms with Crippen LogP contribution in [-0.4, -0.2) is 54.0 Å². The maximum Gasteiger partial charge on any atom is 0.357 e. The first-order valence-electron chi connectivity index (χ1n) is 12.6. The molecule has 3 heterocycles. The van der Waals surface area contributed by atoms with Gasteiger partial charge in [-0.15, -0.1) is 21.5 Å². The fourth-order valence-corrected chi connectivity index (χ4v) is 5.29. The molecule has 4 rings (SSSR count). The van der Waals surface area contributed by atoms with Crippen molar-refractivity contribution in [2.75, 3.05) is 32.2 Å². The molecule has 0 bridgehead atoms. The molecule has 0 saturated carbocycles. The number of benzene rings is 1. The quantitative estimate of drug-likeness (QED) is 0.222. The number of hydrogen-bond donors (Lipinski definition) is 1. The number of hydrogen-bond acceptors (Lipinski definition) is 9. The highest BCUT2D eigenvalue weighted by molar-refractivity contribution is 7.16. The van der Waals surface area contributed by atoms with E-state index < -0.39 is 11.8 Å². The Kier molecular flexibility index (Phi) is 9.05. The summed E-state index contributed by atoms with van der Waals surface area (Å²) in [5.74, 6) is 5.94. The molecule has 3 aromatic rings. The molecule has 0 spiro atoms. The fraction of sp³-hybridized carbons (Fsp3) is 0.429. The predicted octanol–water partition coefficient (Wildman–Crippen LogP) is 5.27. The number of nitrogens with one attached hydrogen (secondary N) is 1. The van der Waals surface area contributed by atoms with Crippen molar-refractivity contribution < 1.29 is 18.7 Å². The highest BCUT2D eigenvalue weighted by Crippen LogP contribution is 2.38. The molecule has 0 atom stereocenters. The first-order chi connectivity index (χ1) is 18.6. The number of esters is 1. The van der Waals surface area contributed by atoms with Gasteiger partial charge < -0.3 is 19.7 Å². The molecule has 0 unspecified atom stereocenters. The maximum absolute atomic E-state index is 14.6. The Hall–Kier alpha value is -3.26. The van der Waals surface area contributed by atoms with Crippen LogP contribution in [0.25, 0.3) is 0 Å². The monoisotopic (exact) mass is 571 g/mol. The molecule has 1 aliphatic rings. The minimum absolute atomic E-state index is 0.157. The Morgan fingerprint density at radius 1 is 1.33 bits per heavy atom. The third-order valence-corrected chi connectivity index (χ3v) is 8.00. The van der Waals surface area contributed by atoms with E-state index in [-0.39, 0.29) is 23.6 Å². The first-order valence-corrected chi connectivity index (χ1v) is 13.8. The van der Waals surface area contributed by atoms with Gasteiger partial charge in [0.15, 0.2) is 33.4 Å². The Balaban J connectivity index is 1.45. The predicted molar refractivity (Wildman–Crippen MR) is 151 cm³/mol. The Morgan fingerprint density at radius 3 is 2.85 bits per heavy atom. The fourth-order valence-electron chi connectivity index (χ4n) is 4.02. The SMILES string of the molecule is CNC(C)(C)C#Cc1ccc(OCCCc2sc(N3CCCc4c3nnc(Cl)c4C)nc2C(=O)OC)c(F)c1. The van der Waals surface area contributed by atoms with E-state index in [9.17, 15) is 9.18 Å². The van der Waals surface area contributed by atoms with E-state index in [0.29, 0.717) is 41.1 Å². The largest absolute Gasteiger partial charge is 0.491 e. The van der Waals surface area contributed by atoms with Crippen LogP contribution in [0.4, 0.5) is 15.3 Å². The van der Waals surface area contributed by atoms with Crippen LogP contribution in [0.3, 0.4) is 0 Å². The number of nitrogens with zero attached hydrogens (tertiary/aromatic N) is 4. The van der Waals surface area contributed by atoms with Gasteiger partial charge in [-0.1, -0.05) is 23.4 Å². The van der Waals surface area contributed by atoms with Crippen molar-refractivity contribution in [3.05, 3.63) is 56.4 Å². The average molecular weight is 572 g/mol. The van der Waals surface area contributed by atoms with Crippen molar-refractivity contribution in [3.8, 4) is 17.6 Å². The van der Waals surface area contributed by atoms with E-state index in [0.717, 1.165) is 28.8 Å². The summed E-state index contributed by atoms with van der Waals surface area (Å²) in [5.41, 5.74) is 2.41. The Bertz CT molecular complexity index is 1430. The standard InChI is InChI=1S/C28H31ClFN5O3S/c1-17-19-8-6-14-35(25(19)34-33-24(17)29)27-32-23(26(36)37-5)22(39-27)9-7-15-38-21-11-10-18(16-20(21)30)12-13-28(2,3)31-4/h10-11,16,31H,6-9,14-15H2,1-5H3. The van der Waals surface area contributed by atoms with Crippen molar-refractivity contribution in [3.63, 3.8) is 0 Å². The van der Waals surface area contributed by atoms with Gasteiger partial charge in [-0.25, -0.2) is 14.2 Å². The third kappa shape index (κ3) is 6.67. The Labute approximate surface area is 236 Å². The van der Waals surface area contributed by atoms with E-state index in [1.165, 1.54) is 24.5 Å². The lowest BCUT2D eigenvalue weighted by Gasteiger charge is -2.28. The van der Waals surface area contributed by atoms with Crippen molar-refractivity contribution in [2.45, 2.75) is 52.0 Å². The van der Waals surface area contributed by atoms with E-state index in [4.69, 9.17) is 21.1 Å². The molecule has 0 fully saturated rings. The number of carbonyl (C=O) groups excluding carboxylic acids is 1. The summed E-state index contributed by atoms with van der Waals surface area (Å²) in [7, 11) is 3.16. The molecule has 0 amide bonds. The van der Waals surface area contributed by atoms with Crippen LogP contribution in [0.15, 0.2) is 18.2 Å². The second-order valence-electron chi connectivity index (χ2n) is 9.66. The number of thiazole rings is 1. The van der Waals surface area contributed by atoms with Crippen LogP contribution in [0.1, 0.15) is 58.7 Å². The second kappa shape index (κ2) is 12.3. The molecule has 11 heteroatoms. The molecule has 1 N–H and O–H groups in total. The van der Waals surface area contributed by atoms with Gasteiger partial charge in [0.05, 0.1) is 19.3 Å². The van der Waals surface area contributed by atoms with E-state index >= 15 is 0 Å². The van der Waals surface area contributed by atoms with Crippen LogP contribution in [-0.2, 0) is 17.6 Å². The smallest absolute Gasteiger partial charge is 0.357 e. The zero-order valence-corrected chi connectivity index (χ0v) is 24.2. The normalized spacial score (nSPS) is 12.9. The van der Waals surface area contributed by atoms with Crippen molar-refractivity contribution >= 4 is 39.9 Å². The second-order valence-corrected chi connectivity index (χ2v) is 11.1. The van der Waals surface area contributed by atoms with Gasteiger partial charge >= 0.3 is 5.97 Å². The number of fused-ring (bicyclic) bond motifs is 1. The topological polar surface area (TPSA) is 89.5 Å². The third-order valence-electron chi connectivity index (χ3n) is 6.51. The van der Waals surface area contributed by atoms with Crippen molar-refractivity contribution in [1.29, 1.82) is 0 Å². The van der Waals surface area contributed by atoms with Crippen molar-refractivity contribution in [2.24, 2.45) is 0 Å². The van der Waals surface area contributed by atoms with E-state index in [1.807, 2.05) is 32.7 Å². The van der Waals surface area contributed by atoms with Crippen LogP contribution in [0, 0.1) is 24.6 Å². The molecule has 1 aromatic carbocycles. The summed E-state index contributed by atoms with van der Waals surface area (Å²) in [6.45, 7) is 6.79. The van der Waals surface area contributed by atoms with Gasteiger partial charge in [0.1, 0.15) is 0 Å². The van der Waals surface area contributed by atoms with Gasteiger partial charge in [-0.3, -0.25) is 0 Å². The van der Waals surface area contributed by atoms with Crippen LogP contribution >= 0.6 is 22.9 Å². The molecular formula is C28H31ClFN5O3S. The molecule has 2 aromatic heterocycles. The number of aryl methyl sites for hydroxylation is 1. The summed E-state index contributed by atoms with van der Waals surface area (Å²) in [6.07, 6.45) is 2.81. The number of rotatable bonds is 8. The number of methoxy groups -OCH3 is 1. The van der Waals surface area contributed by atoms with E-state index in [2.05, 4.69) is 32.3 Å². The number of halogens is 2. The molecule has 0 saturated heterocycles. The summed E-state index contributed by atoms with van der Waals surface area (Å²) >= 11 is 7.59. The average Bonchev–Trinajstić information content (AvgIpc) is 3.36. The van der Waals surface area contributed by atoms with Gasteiger partial charge in [0, 0.05) is 22.5 Å². The lowest BCUT2D eigenvalue weighted by molar-refractivity contribution is 0.0593. The van der Waals surface area contributed by atoms with Crippen LogP contribution < -0.4 is 15.0 Å². The molecular weight excluding hydrogens is 541 g/mol. The summed E-state index contributed by atoms with van der Waals surface area (Å²) < 4.78 is 25.3. The lowest BCUT2D eigenvalue weighted by atomic mass is 10.0. The summed E-state index contributed by atoms with van der Waals surface area (Å²) in [5, 5.41) is 12.5. The number of ether oxygens (including phenoxy) is 2. The molecule has 8 nitrogen and oxygen atoms in total. The van der Waals surface area contributed by atoms with Crippen LogP contribution in [0.2, 0.25) is 5.15 Å². The summed E-state index contributed by atoms with van der Waals surface area (Å²) in [6, 6.07) is 4.68. The van der Waals surface area contributed by atoms with Gasteiger partial charge in [-0.2, -0.15) is 0 Å². The van der Waals surface area contributed by atoms with Crippen molar-refractivity contribution in [1.82, 2.24) is 20.5 Å². The van der Waals surface area contributed by atoms with Gasteiger partial charge in [-0.05, 0) is 77.3 Å². The maximum atomic E-state index is 14.6. The molecule has 206 valence electrons. The minimum atomic E-state index is -0.506. The Morgan fingerprint density at radius 2 is 2.13 bits per heavy atom. The highest BCUT2D eigenvalue weighted by Gasteiger charge is 2.28. The highest BCUT2D eigenvalue weighted by atomic mass is 35.5. The van der Waals surface area contributed by atoms with E-state index in [1.54, 1.807) is 12.1 Å². The summed E-state index contributed by atoms with van der Waals surface area (Å²) in [4.78, 5) is 19.9. The number of aromatic nitrogens is 3. The first kappa shape index (κ1) is 28.7. The minimum Gasteiger partial charge on any atom is -0.491 e. The van der Waals surface area contributed by atoms with Gasteiger partial charge in [0.2, 0.25) is 0 Å². The molecule has 0 radical (unpaired) electrons. The zero-order chi connectivity index (χ0) is 28.2.